The summed E-state index contributed by atoms with van der Waals surface area (Å²) in [6.07, 6.45) is 2.00. The minimum atomic E-state index is -4.51. The fourth-order valence-corrected chi connectivity index (χ4v) is 6.91. The fourth-order valence-electron chi connectivity index (χ4n) is 5.44. The molecule has 37 heavy (non-hydrogen) atoms. The number of hydrogen-bond acceptors (Lipinski definition) is 8. The van der Waals surface area contributed by atoms with Crippen LogP contribution in [0.1, 0.15) is 50.5 Å². The van der Waals surface area contributed by atoms with Crippen LogP contribution < -0.4 is 0 Å². The van der Waals surface area contributed by atoms with Crippen molar-refractivity contribution in [2.24, 2.45) is 11.3 Å². The van der Waals surface area contributed by atoms with E-state index in [1.165, 1.54) is 23.2 Å². The van der Waals surface area contributed by atoms with Crippen molar-refractivity contribution in [3.63, 3.8) is 0 Å². The lowest BCUT2D eigenvalue weighted by Gasteiger charge is -2.33. The molecule has 0 bridgehead atoms. The summed E-state index contributed by atoms with van der Waals surface area (Å²) in [6.45, 7) is 7.50. The molecule has 3 aliphatic rings. The summed E-state index contributed by atoms with van der Waals surface area (Å²) >= 11 is 0. The molecule has 0 aromatic carbocycles. The highest BCUT2D eigenvalue weighted by atomic mass is 32.2. The predicted octanol–water partition coefficient (Wildman–Crippen LogP) is 0.707. The predicted molar refractivity (Wildman–Crippen MR) is 133 cm³/mol. The summed E-state index contributed by atoms with van der Waals surface area (Å²) in [5.41, 5.74) is -0.481. The SMILES string of the molecule is CC(C)(C)CC(CC(=O)N1CCOCC1)C(=O)N1CCC2C1C(=O)CN2S(=O)(=O)C(=O)c1ccccn1. The summed E-state index contributed by atoms with van der Waals surface area (Å²) in [5, 5.41) is -1.17. The lowest BCUT2D eigenvalue weighted by Crippen LogP contribution is -2.48. The molecule has 1 aromatic rings. The highest BCUT2D eigenvalue weighted by molar-refractivity contribution is 8.04. The topological polar surface area (TPSA) is 134 Å². The third-order valence-electron chi connectivity index (χ3n) is 7.07. The van der Waals surface area contributed by atoms with Crippen LogP contribution in [0, 0.1) is 11.3 Å². The van der Waals surface area contributed by atoms with Gasteiger partial charge in [0.1, 0.15) is 11.7 Å². The van der Waals surface area contributed by atoms with Gasteiger partial charge in [-0.1, -0.05) is 26.8 Å². The van der Waals surface area contributed by atoms with E-state index in [2.05, 4.69) is 4.98 Å². The molecule has 0 spiro atoms. The molecule has 3 fully saturated rings. The average Bonchev–Trinajstić information content (AvgIpc) is 3.44. The molecule has 3 aliphatic heterocycles. The van der Waals surface area contributed by atoms with E-state index >= 15 is 0 Å². The van der Waals surface area contributed by atoms with E-state index in [0.29, 0.717) is 32.7 Å². The molecular weight excluding hydrogens is 500 g/mol. The Kier molecular flexibility index (Phi) is 7.82. The number of amides is 2. The van der Waals surface area contributed by atoms with Gasteiger partial charge in [-0.2, -0.15) is 4.31 Å². The summed E-state index contributed by atoms with van der Waals surface area (Å²) in [6, 6.07) is 2.59. The van der Waals surface area contributed by atoms with E-state index in [4.69, 9.17) is 4.74 Å². The number of likely N-dealkylation sites (tertiary alicyclic amines) is 1. The third-order valence-corrected chi connectivity index (χ3v) is 8.77. The third kappa shape index (κ3) is 5.75. The first-order chi connectivity index (χ1) is 17.4. The second-order valence-electron chi connectivity index (χ2n) is 11.0. The van der Waals surface area contributed by atoms with Crippen LogP contribution in [0.2, 0.25) is 0 Å². The summed E-state index contributed by atoms with van der Waals surface area (Å²) in [5.74, 6) is -1.54. The number of rotatable bonds is 6. The maximum absolute atomic E-state index is 13.8. The molecule has 3 saturated heterocycles. The number of Topliss-reactive ketones (excluding diaryl/α,β-unsaturated/α-hetero) is 1. The van der Waals surface area contributed by atoms with Gasteiger partial charge >= 0.3 is 5.12 Å². The van der Waals surface area contributed by atoms with E-state index in [-0.39, 0.29) is 42.3 Å². The number of morpholine rings is 1. The quantitative estimate of drug-likeness (QED) is 0.521. The Labute approximate surface area is 217 Å². The van der Waals surface area contributed by atoms with Gasteiger partial charge in [0.05, 0.1) is 25.8 Å². The second kappa shape index (κ2) is 10.6. The second-order valence-corrected chi connectivity index (χ2v) is 12.8. The molecule has 11 nitrogen and oxygen atoms in total. The van der Waals surface area contributed by atoms with Crippen molar-refractivity contribution in [1.29, 1.82) is 0 Å². The summed E-state index contributed by atoms with van der Waals surface area (Å²) in [4.78, 5) is 59.5. The zero-order valence-corrected chi connectivity index (χ0v) is 22.3. The van der Waals surface area contributed by atoms with Crippen molar-refractivity contribution in [2.45, 2.75) is 52.1 Å². The molecule has 4 heterocycles. The number of sulfonamides is 1. The first-order valence-corrected chi connectivity index (χ1v) is 14.0. The monoisotopic (exact) mass is 534 g/mol. The molecule has 0 aliphatic carbocycles. The smallest absolute Gasteiger partial charge is 0.310 e. The Balaban J connectivity index is 1.53. The van der Waals surface area contributed by atoms with Crippen LogP contribution in [0.15, 0.2) is 24.4 Å². The number of nitrogens with zero attached hydrogens (tertiary/aromatic N) is 4. The Morgan fingerprint density at radius 3 is 2.46 bits per heavy atom. The van der Waals surface area contributed by atoms with Crippen LogP contribution in [0.25, 0.3) is 0 Å². The number of hydrogen-bond donors (Lipinski definition) is 0. The van der Waals surface area contributed by atoms with Gasteiger partial charge in [-0.05, 0) is 30.4 Å². The van der Waals surface area contributed by atoms with Crippen molar-refractivity contribution < 1.29 is 32.3 Å². The molecule has 3 unspecified atom stereocenters. The van der Waals surface area contributed by atoms with Gasteiger partial charge in [-0.15, -0.1) is 0 Å². The van der Waals surface area contributed by atoms with Gasteiger partial charge in [-0.25, -0.2) is 8.42 Å². The summed E-state index contributed by atoms with van der Waals surface area (Å²) < 4.78 is 32.6. The first-order valence-electron chi connectivity index (χ1n) is 12.6. The van der Waals surface area contributed by atoms with Crippen molar-refractivity contribution in [2.75, 3.05) is 39.4 Å². The van der Waals surface area contributed by atoms with Crippen LogP contribution in [0.3, 0.4) is 0 Å². The molecule has 0 radical (unpaired) electrons. The van der Waals surface area contributed by atoms with E-state index in [9.17, 15) is 27.6 Å². The molecule has 2 amide bonds. The van der Waals surface area contributed by atoms with Gasteiger partial charge in [0.15, 0.2) is 5.78 Å². The van der Waals surface area contributed by atoms with E-state index in [1.807, 2.05) is 20.8 Å². The van der Waals surface area contributed by atoms with Crippen molar-refractivity contribution in [3.8, 4) is 0 Å². The van der Waals surface area contributed by atoms with Gasteiger partial charge in [-0.3, -0.25) is 24.2 Å². The van der Waals surface area contributed by atoms with Crippen molar-refractivity contribution in [1.82, 2.24) is 19.1 Å². The largest absolute Gasteiger partial charge is 0.378 e. The maximum atomic E-state index is 13.8. The number of carbonyl (C=O) groups is 4. The van der Waals surface area contributed by atoms with Gasteiger partial charge in [0.2, 0.25) is 11.8 Å². The molecule has 202 valence electrons. The summed E-state index contributed by atoms with van der Waals surface area (Å²) in [7, 11) is -4.51. The minimum absolute atomic E-state index is 0.0123. The Morgan fingerprint density at radius 1 is 1.14 bits per heavy atom. The number of ketones is 1. The molecule has 3 atom stereocenters. The van der Waals surface area contributed by atoms with Crippen LogP contribution >= 0.6 is 0 Å². The Hall–Kier alpha value is -2.70. The Morgan fingerprint density at radius 2 is 1.84 bits per heavy atom. The number of carbonyl (C=O) groups excluding carboxylic acids is 4. The van der Waals surface area contributed by atoms with Crippen LogP contribution in [-0.4, -0.2) is 102 Å². The molecular formula is C25H34N4O7S. The maximum Gasteiger partial charge on any atom is 0.310 e. The average molecular weight is 535 g/mol. The minimum Gasteiger partial charge on any atom is -0.378 e. The highest BCUT2D eigenvalue weighted by Gasteiger charge is 2.55. The lowest BCUT2D eigenvalue weighted by molar-refractivity contribution is -0.145. The van der Waals surface area contributed by atoms with E-state index < -0.39 is 45.5 Å². The van der Waals surface area contributed by atoms with Gasteiger partial charge < -0.3 is 14.5 Å². The van der Waals surface area contributed by atoms with Crippen molar-refractivity contribution in [3.05, 3.63) is 30.1 Å². The Bertz CT molecular complexity index is 1160. The number of pyridine rings is 1. The standard InChI is InChI=1S/C25H34N4O7S/c1-25(2,3)15-17(14-21(31)27-10-12-36-13-11-27)23(32)28-9-7-19-22(28)20(30)16-29(19)37(34,35)24(33)18-6-4-5-8-26-18/h4-6,8,17,19,22H,7,9-16H2,1-3H3. The van der Waals surface area contributed by atoms with Crippen LogP contribution in [0.4, 0.5) is 0 Å². The first kappa shape index (κ1) is 27.3. The zero-order chi connectivity index (χ0) is 27.0. The number of ether oxygens (including phenoxy) is 1. The highest BCUT2D eigenvalue weighted by Crippen LogP contribution is 2.36. The van der Waals surface area contributed by atoms with Crippen LogP contribution in [0.5, 0.6) is 0 Å². The number of aromatic nitrogens is 1. The van der Waals surface area contributed by atoms with Gasteiger partial charge in [0.25, 0.3) is 10.0 Å². The molecule has 4 rings (SSSR count). The lowest BCUT2D eigenvalue weighted by atomic mass is 9.82. The zero-order valence-electron chi connectivity index (χ0n) is 21.5. The molecule has 1 aromatic heterocycles. The van der Waals surface area contributed by atoms with E-state index in [0.717, 1.165) is 4.31 Å². The van der Waals surface area contributed by atoms with Gasteiger partial charge in [0, 0.05) is 38.2 Å². The van der Waals surface area contributed by atoms with Crippen LogP contribution in [-0.2, 0) is 29.1 Å². The molecule has 0 saturated carbocycles. The van der Waals surface area contributed by atoms with Crippen molar-refractivity contribution >= 4 is 32.7 Å². The normalized spacial score (nSPS) is 23.7. The number of fused-ring (bicyclic) bond motifs is 1. The molecule has 12 heteroatoms. The molecule has 0 N–H and O–H groups in total. The fraction of sp³-hybridized carbons (Fsp3) is 0.640. The van der Waals surface area contributed by atoms with E-state index in [1.54, 1.807) is 11.0 Å².